The monoisotopic (exact) mass is 400 g/mol. The minimum Gasteiger partial charge on any atom is -0.334 e. The first-order valence-electron chi connectivity index (χ1n) is 8.57. The van der Waals surface area contributed by atoms with Crippen molar-refractivity contribution in [2.75, 3.05) is 31.5 Å². The van der Waals surface area contributed by atoms with Crippen LogP contribution in [0.2, 0.25) is 5.02 Å². The van der Waals surface area contributed by atoms with Crippen molar-refractivity contribution < 1.29 is 9.59 Å². The number of piperazine rings is 1. The summed E-state index contributed by atoms with van der Waals surface area (Å²) in [5, 5.41) is 4.35. The van der Waals surface area contributed by atoms with Crippen molar-refractivity contribution in [1.82, 2.24) is 14.2 Å². The number of nitrogens with zero attached hydrogens (tertiary/aromatic N) is 3. The number of benzene rings is 2. The molecule has 0 aliphatic carbocycles. The smallest absolute Gasteiger partial charge is 0.321 e. The number of halogens is 1. The number of fused-ring (bicyclic) bond motifs is 1. The van der Waals surface area contributed by atoms with Crippen LogP contribution in [0.25, 0.3) is 10.1 Å². The topological polar surface area (TPSA) is 65.5 Å². The SMILES string of the molecule is O=C(Nc1ccc(Cl)cc1)N1CCN(C(=O)c2nsc3ccccc23)CC1. The van der Waals surface area contributed by atoms with Crippen molar-refractivity contribution in [3.8, 4) is 0 Å². The van der Waals surface area contributed by atoms with Crippen LogP contribution in [-0.4, -0.2) is 52.3 Å². The molecule has 3 aromatic rings. The summed E-state index contributed by atoms with van der Waals surface area (Å²) in [6.07, 6.45) is 0. The van der Waals surface area contributed by atoms with E-state index in [-0.39, 0.29) is 11.9 Å². The molecule has 2 aromatic carbocycles. The molecule has 0 bridgehead atoms. The Bertz CT molecular complexity index is 981. The summed E-state index contributed by atoms with van der Waals surface area (Å²) in [5.41, 5.74) is 1.19. The average Bonchev–Trinajstić information content (AvgIpc) is 3.13. The zero-order valence-electron chi connectivity index (χ0n) is 14.4. The van der Waals surface area contributed by atoms with Gasteiger partial charge >= 0.3 is 6.03 Å². The molecular formula is C19H17ClN4O2S. The van der Waals surface area contributed by atoms with Crippen LogP contribution in [0.5, 0.6) is 0 Å². The first kappa shape index (κ1) is 17.8. The summed E-state index contributed by atoms with van der Waals surface area (Å²) in [7, 11) is 0. The quantitative estimate of drug-likeness (QED) is 0.708. The summed E-state index contributed by atoms with van der Waals surface area (Å²) in [6, 6.07) is 14.5. The summed E-state index contributed by atoms with van der Waals surface area (Å²) < 4.78 is 5.34. The van der Waals surface area contributed by atoms with Crippen molar-refractivity contribution in [1.29, 1.82) is 0 Å². The van der Waals surface area contributed by atoms with Gasteiger partial charge in [-0.15, -0.1) is 0 Å². The van der Waals surface area contributed by atoms with Gasteiger partial charge in [-0.3, -0.25) is 4.79 Å². The van der Waals surface area contributed by atoms with Crippen LogP contribution in [0.1, 0.15) is 10.5 Å². The molecule has 1 aliphatic rings. The van der Waals surface area contributed by atoms with Crippen LogP contribution in [0.3, 0.4) is 0 Å². The Morgan fingerprint density at radius 3 is 2.37 bits per heavy atom. The third-order valence-electron chi connectivity index (χ3n) is 4.53. The van der Waals surface area contributed by atoms with Gasteiger partial charge in [-0.05, 0) is 41.9 Å². The molecule has 1 fully saturated rings. The minimum atomic E-state index is -0.177. The average molecular weight is 401 g/mol. The Morgan fingerprint density at radius 1 is 0.963 bits per heavy atom. The first-order valence-corrected chi connectivity index (χ1v) is 9.72. The molecule has 3 amide bonds. The third-order valence-corrected chi connectivity index (χ3v) is 5.61. The van der Waals surface area contributed by atoms with Gasteiger partial charge in [0.25, 0.3) is 5.91 Å². The maximum Gasteiger partial charge on any atom is 0.321 e. The zero-order valence-corrected chi connectivity index (χ0v) is 16.0. The van der Waals surface area contributed by atoms with Crippen molar-refractivity contribution in [2.24, 2.45) is 0 Å². The molecule has 1 aliphatic heterocycles. The number of anilines is 1. The Balaban J connectivity index is 1.37. The molecule has 0 unspecified atom stereocenters. The fourth-order valence-electron chi connectivity index (χ4n) is 3.04. The lowest BCUT2D eigenvalue weighted by molar-refractivity contribution is 0.0669. The maximum absolute atomic E-state index is 12.8. The lowest BCUT2D eigenvalue weighted by Crippen LogP contribution is -2.51. The molecule has 6 nitrogen and oxygen atoms in total. The van der Waals surface area contributed by atoms with E-state index in [0.717, 1.165) is 10.1 Å². The van der Waals surface area contributed by atoms with Gasteiger partial charge < -0.3 is 15.1 Å². The molecule has 2 heterocycles. The summed E-state index contributed by atoms with van der Waals surface area (Å²) >= 11 is 7.19. The van der Waals surface area contributed by atoms with Gasteiger partial charge in [0, 0.05) is 42.3 Å². The number of hydrogen-bond donors (Lipinski definition) is 1. The van der Waals surface area contributed by atoms with Crippen molar-refractivity contribution >= 4 is 50.8 Å². The molecule has 8 heteroatoms. The van der Waals surface area contributed by atoms with E-state index in [1.54, 1.807) is 34.1 Å². The number of hydrogen-bond acceptors (Lipinski definition) is 4. The molecule has 1 saturated heterocycles. The molecule has 138 valence electrons. The van der Waals surface area contributed by atoms with E-state index in [0.29, 0.717) is 42.6 Å². The van der Waals surface area contributed by atoms with Gasteiger partial charge in [0.15, 0.2) is 0 Å². The molecule has 0 spiro atoms. The molecular weight excluding hydrogens is 384 g/mol. The van der Waals surface area contributed by atoms with Crippen LogP contribution in [0.15, 0.2) is 48.5 Å². The standard InChI is InChI=1S/C19H17ClN4O2S/c20-13-5-7-14(8-6-13)21-19(26)24-11-9-23(10-12-24)18(25)17-15-3-1-2-4-16(15)27-22-17/h1-8H,9-12H2,(H,21,26). The van der Waals surface area contributed by atoms with Gasteiger partial charge in [0.2, 0.25) is 0 Å². The second kappa shape index (κ2) is 7.54. The lowest BCUT2D eigenvalue weighted by atomic mass is 10.2. The molecule has 4 rings (SSSR count). The van der Waals surface area contributed by atoms with Crippen LogP contribution in [0.4, 0.5) is 10.5 Å². The van der Waals surface area contributed by atoms with E-state index in [1.165, 1.54) is 11.5 Å². The number of amides is 3. The highest BCUT2D eigenvalue weighted by molar-refractivity contribution is 7.13. The number of nitrogens with one attached hydrogen (secondary N) is 1. The second-order valence-corrected chi connectivity index (χ2v) is 7.49. The normalized spacial score (nSPS) is 14.4. The highest BCUT2D eigenvalue weighted by Gasteiger charge is 2.27. The molecule has 0 atom stereocenters. The van der Waals surface area contributed by atoms with Gasteiger partial charge in [-0.25, -0.2) is 4.79 Å². The highest BCUT2D eigenvalue weighted by Crippen LogP contribution is 2.24. The van der Waals surface area contributed by atoms with Crippen molar-refractivity contribution in [3.63, 3.8) is 0 Å². The van der Waals surface area contributed by atoms with E-state index in [4.69, 9.17) is 11.6 Å². The van der Waals surface area contributed by atoms with Gasteiger partial charge in [-0.1, -0.05) is 29.8 Å². The molecule has 0 radical (unpaired) electrons. The summed E-state index contributed by atoms with van der Waals surface area (Å²) in [5.74, 6) is -0.0785. The van der Waals surface area contributed by atoms with Gasteiger partial charge in [0.05, 0.1) is 4.70 Å². The fraction of sp³-hybridized carbons (Fsp3) is 0.211. The van der Waals surface area contributed by atoms with E-state index in [1.807, 2.05) is 24.3 Å². The van der Waals surface area contributed by atoms with Crippen molar-refractivity contribution in [3.05, 3.63) is 59.2 Å². The van der Waals surface area contributed by atoms with Crippen molar-refractivity contribution in [2.45, 2.75) is 0 Å². The van der Waals surface area contributed by atoms with E-state index in [2.05, 4.69) is 9.69 Å². The van der Waals surface area contributed by atoms with E-state index < -0.39 is 0 Å². The lowest BCUT2D eigenvalue weighted by Gasteiger charge is -2.34. The number of carbonyl (C=O) groups excluding carboxylic acids is 2. The first-order chi connectivity index (χ1) is 13.1. The largest absolute Gasteiger partial charge is 0.334 e. The number of rotatable bonds is 2. The maximum atomic E-state index is 12.8. The zero-order chi connectivity index (χ0) is 18.8. The third kappa shape index (κ3) is 3.74. The number of urea groups is 1. The van der Waals surface area contributed by atoms with Crippen LogP contribution < -0.4 is 5.32 Å². The van der Waals surface area contributed by atoms with Gasteiger partial charge in [0.1, 0.15) is 5.69 Å². The second-order valence-electron chi connectivity index (χ2n) is 6.24. The summed E-state index contributed by atoms with van der Waals surface area (Å²) in [4.78, 5) is 28.7. The summed E-state index contributed by atoms with van der Waals surface area (Å²) in [6.45, 7) is 1.93. The van der Waals surface area contributed by atoms with Crippen LogP contribution in [-0.2, 0) is 0 Å². The molecule has 0 saturated carbocycles. The Morgan fingerprint density at radius 2 is 1.63 bits per heavy atom. The van der Waals surface area contributed by atoms with Gasteiger partial charge in [-0.2, -0.15) is 4.37 Å². The van der Waals surface area contributed by atoms with Crippen LogP contribution in [0, 0.1) is 0 Å². The van der Waals surface area contributed by atoms with Crippen LogP contribution >= 0.6 is 23.1 Å². The molecule has 1 N–H and O–H groups in total. The number of aromatic nitrogens is 1. The highest BCUT2D eigenvalue weighted by atomic mass is 35.5. The predicted molar refractivity (Wildman–Crippen MR) is 108 cm³/mol. The number of carbonyl (C=O) groups is 2. The Labute approximate surface area is 165 Å². The fourth-order valence-corrected chi connectivity index (χ4v) is 3.93. The van der Waals surface area contributed by atoms with E-state index >= 15 is 0 Å². The molecule has 1 aromatic heterocycles. The predicted octanol–water partition coefficient (Wildman–Crippen LogP) is 3.94. The van der Waals surface area contributed by atoms with E-state index in [9.17, 15) is 9.59 Å². The Hall–Kier alpha value is -2.64. The molecule has 27 heavy (non-hydrogen) atoms. The Kier molecular flexibility index (Phi) is 4.96. The minimum absolute atomic E-state index is 0.0785.